The summed E-state index contributed by atoms with van der Waals surface area (Å²) in [6.07, 6.45) is -1.38. The fourth-order valence-electron chi connectivity index (χ4n) is 2.62. The van der Waals surface area contributed by atoms with E-state index in [0.29, 0.717) is 5.56 Å². The van der Waals surface area contributed by atoms with Crippen LogP contribution in [0.3, 0.4) is 0 Å². The first-order chi connectivity index (χ1) is 10.9. The van der Waals surface area contributed by atoms with Crippen molar-refractivity contribution in [1.29, 1.82) is 0 Å². The zero-order valence-corrected chi connectivity index (χ0v) is 13.4. The van der Waals surface area contributed by atoms with E-state index in [-0.39, 0.29) is 12.3 Å². The Labute approximate surface area is 134 Å². The Balaban J connectivity index is 2.12. The molecule has 23 heavy (non-hydrogen) atoms. The molecule has 0 unspecified atom stereocenters. The highest BCUT2D eigenvalue weighted by Crippen LogP contribution is 2.31. The average molecular weight is 320 g/mol. The highest BCUT2D eigenvalue weighted by atomic mass is 16.6. The molecule has 124 valence electrons. The van der Waals surface area contributed by atoms with Crippen LogP contribution in [0.2, 0.25) is 0 Å². The molecule has 0 aliphatic carbocycles. The lowest BCUT2D eigenvalue weighted by atomic mass is 9.85. The molecule has 0 bridgehead atoms. The monoisotopic (exact) mass is 320 g/mol. The third-order valence-corrected chi connectivity index (χ3v) is 4.08. The van der Waals surface area contributed by atoms with Gasteiger partial charge in [-0.05, 0) is 19.1 Å². The minimum Gasteiger partial charge on any atom is -0.469 e. The maximum Gasteiger partial charge on any atom is 0.338 e. The Morgan fingerprint density at radius 3 is 2.43 bits per heavy atom. The second-order valence-electron chi connectivity index (χ2n) is 5.64. The van der Waals surface area contributed by atoms with Gasteiger partial charge < -0.3 is 14.2 Å². The third kappa shape index (κ3) is 3.88. The molecule has 0 aromatic heterocycles. The summed E-state index contributed by atoms with van der Waals surface area (Å²) >= 11 is 0. The first-order valence-corrected chi connectivity index (χ1v) is 7.47. The van der Waals surface area contributed by atoms with E-state index in [4.69, 9.17) is 9.47 Å². The van der Waals surface area contributed by atoms with Crippen molar-refractivity contribution in [2.75, 3.05) is 7.11 Å². The van der Waals surface area contributed by atoms with Gasteiger partial charge in [-0.3, -0.25) is 9.59 Å². The number of hydrogen-bond acceptors (Lipinski definition) is 6. The highest BCUT2D eigenvalue weighted by Gasteiger charge is 2.44. The standard InChI is InChI=1S/C17H20O6/c1-10-13(9-14(18)21-3)22-16(19)11(2)15(10)23-17(20)12-7-5-4-6-8-12/h4-8,10-11,13,15H,9H2,1-3H3/t10-,11+,13-,15-/m1/s1. The minimum absolute atomic E-state index is 0.0600. The Bertz CT molecular complexity index is 580. The van der Waals surface area contributed by atoms with Gasteiger partial charge in [0, 0.05) is 5.92 Å². The van der Waals surface area contributed by atoms with Crippen molar-refractivity contribution >= 4 is 17.9 Å². The van der Waals surface area contributed by atoms with Crippen molar-refractivity contribution in [3.8, 4) is 0 Å². The van der Waals surface area contributed by atoms with E-state index in [1.807, 2.05) is 0 Å². The molecule has 1 aromatic carbocycles. The molecule has 0 N–H and O–H groups in total. The summed E-state index contributed by atoms with van der Waals surface area (Å²) in [4.78, 5) is 35.7. The first-order valence-electron chi connectivity index (χ1n) is 7.47. The fraction of sp³-hybridized carbons (Fsp3) is 0.471. The molecule has 0 saturated carbocycles. The summed E-state index contributed by atoms with van der Waals surface area (Å²) in [6.45, 7) is 3.44. The van der Waals surface area contributed by atoms with Crippen LogP contribution < -0.4 is 0 Å². The van der Waals surface area contributed by atoms with Gasteiger partial charge >= 0.3 is 17.9 Å². The number of methoxy groups -OCH3 is 1. The van der Waals surface area contributed by atoms with E-state index in [1.54, 1.807) is 44.2 Å². The molecular formula is C17H20O6. The highest BCUT2D eigenvalue weighted by molar-refractivity contribution is 5.89. The van der Waals surface area contributed by atoms with Crippen molar-refractivity contribution in [3.63, 3.8) is 0 Å². The number of carbonyl (C=O) groups excluding carboxylic acids is 3. The Morgan fingerprint density at radius 1 is 1.17 bits per heavy atom. The smallest absolute Gasteiger partial charge is 0.338 e. The fourth-order valence-corrected chi connectivity index (χ4v) is 2.62. The quantitative estimate of drug-likeness (QED) is 0.623. The Kier molecular flexibility index (Phi) is 5.36. The first kappa shape index (κ1) is 17.0. The molecular weight excluding hydrogens is 300 g/mol. The zero-order chi connectivity index (χ0) is 17.0. The zero-order valence-electron chi connectivity index (χ0n) is 13.4. The molecule has 6 nitrogen and oxygen atoms in total. The normalized spacial score (nSPS) is 27.0. The maximum absolute atomic E-state index is 12.2. The summed E-state index contributed by atoms with van der Waals surface area (Å²) in [5.41, 5.74) is 0.412. The number of carbonyl (C=O) groups is 3. The SMILES string of the molecule is COC(=O)C[C@H]1OC(=O)[C@@H](C)[C@H](OC(=O)c2ccccc2)[C@@H]1C. The lowest BCUT2D eigenvalue weighted by Gasteiger charge is -2.38. The van der Waals surface area contributed by atoms with Gasteiger partial charge in [-0.15, -0.1) is 0 Å². The summed E-state index contributed by atoms with van der Waals surface area (Å²) < 4.78 is 15.4. The van der Waals surface area contributed by atoms with Gasteiger partial charge in [0.2, 0.25) is 0 Å². The molecule has 1 aliphatic heterocycles. The van der Waals surface area contributed by atoms with Gasteiger partial charge in [0.15, 0.2) is 0 Å². The number of esters is 3. The van der Waals surface area contributed by atoms with E-state index >= 15 is 0 Å². The average Bonchev–Trinajstić information content (AvgIpc) is 2.56. The van der Waals surface area contributed by atoms with E-state index < -0.39 is 36.0 Å². The largest absolute Gasteiger partial charge is 0.469 e. The van der Waals surface area contributed by atoms with Gasteiger partial charge in [-0.1, -0.05) is 25.1 Å². The van der Waals surface area contributed by atoms with E-state index in [9.17, 15) is 14.4 Å². The van der Waals surface area contributed by atoms with Crippen molar-refractivity contribution in [2.45, 2.75) is 32.5 Å². The van der Waals surface area contributed by atoms with Crippen molar-refractivity contribution < 1.29 is 28.6 Å². The van der Waals surface area contributed by atoms with Crippen LogP contribution >= 0.6 is 0 Å². The van der Waals surface area contributed by atoms with Crippen LogP contribution in [0.15, 0.2) is 30.3 Å². The van der Waals surface area contributed by atoms with Gasteiger partial charge in [0.1, 0.15) is 12.2 Å². The van der Waals surface area contributed by atoms with E-state index in [1.165, 1.54) is 7.11 Å². The van der Waals surface area contributed by atoms with Crippen molar-refractivity contribution in [2.24, 2.45) is 11.8 Å². The molecule has 1 saturated heterocycles. The van der Waals surface area contributed by atoms with E-state index in [2.05, 4.69) is 4.74 Å². The molecule has 0 radical (unpaired) electrons. The summed E-state index contributed by atoms with van der Waals surface area (Å²) in [7, 11) is 1.27. The lowest BCUT2D eigenvalue weighted by Crippen LogP contribution is -2.49. The van der Waals surface area contributed by atoms with Gasteiger partial charge in [0.25, 0.3) is 0 Å². The topological polar surface area (TPSA) is 78.9 Å². The molecule has 0 amide bonds. The number of benzene rings is 1. The summed E-state index contributed by atoms with van der Waals surface area (Å²) in [5, 5.41) is 0. The molecule has 1 fully saturated rings. The number of ether oxygens (including phenoxy) is 3. The van der Waals surface area contributed by atoms with Crippen LogP contribution in [0.4, 0.5) is 0 Å². The molecule has 1 aliphatic rings. The molecule has 1 heterocycles. The van der Waals surface area contributed by atoms with Crippen LogP contribution in [0.25, 0.3) is 0 Å². The van der Waals surface area contributed by atoms with Crippen LogP contribution in [0, 0.1) is 11.8 Å². The minimum atomic E-state index is -0.667. The van der Waals surface area contributed by atoms with Crippen molar-refractivity contribution in [3.05, 3.63) is 35.9 Å². The second kappa shape index (κ2) is 7.26. The van der Waals surface area contributed by atoms with Crippen molar-refractivity contribution in [1.82, 2.24) is 0 Å². The molecule has 0 spiro atoms. The predicted octanol–water partition coefficient (Wildman–Crippen LogP) is 1.97. The molecule has 6 heteroatoms. The Hall–Kier alpha value is -2.37. The van der Waals surface area contributed by atoms with Crippen LogP contribution in [-0.2, 0) is 23.8 Å². The number of rotatable bonds is 4. The van der Waals surface area contributed by atoms with E-state index in [0.717, 1.165) is 0 Å². The third-order valence-electron chi connectivity index (χ3n) is 4.08. The summed E-state index contributed by atoms with van der Waals surface area (Å²) in [5.74, 6) is -2.36. The molecule has 2 rings (SSSR count). The van der Waals surface area contributed by atoms with Gasteiger partial charge in [-0.25, -0.2) is 4.79 Å². The predicted molar refractivity (Wildman–Crippen MR) is 80.5 cm³/mol. The van der Waals surface area contributed by atoms with Gasteiger partial charge in [0.05, 0.1) is 25.0 Å². The number of cyclic esters (lactones) is 1. The van der Waals surface area contributed by atoms with Crippen LogP contribution in [0.1, 0.15) is 30.6 Å². The second-order valence-corrected chi connectivity index (χ2v) is 5.64. The number of hydrogen-bond donors (Lipinski definition) is 0. The molecule has 1 aromatic rings. The van der Waals surface area contributed by atoms with Gasteiger partial charge in [-0.2, -0.15) is 0 Å². The lowest BCUT2D eigenvalue weighted by molar-refractivity contribution is -0.180. The van der Waals surface area contributed by atoms with Crippen LogP contribution in [0.5, 0.6) is 0 Å². The summed E-state index contributed by atoms with van der Waals surface area (Å²) in [6, 6.07) is 8.55. The maximum atomic E-state index is 12.2. The Morgan fingerprint density at radius 2 is 1.83 bits per heavy atom. The van der Waals surface area contributed by atoms with Crippen LogP contribution in [-0.4, -0.2) is 37.2 Å². The molecule has 4 atom stereocenters.